The van der Waals surface area contributed by atoms with Crippen molar-refractivity contribution < 1.29 is 18.7 Å². The van der Waals surface area contributed by atoms with Crippen LogP contribution in [0, 0.1) is 5.82 Å². The standard InChI is InChI=1S/C26H29FN4O3/c1-30(2)9-4-10-34-23-6-5-17(15-29-23)18-13-19-21(14-20(18)27)28-16-22-24(19)26(25(32)31(22)3)7-11-33-12-8-26/h5-6,13-16H,4,7-12H2,1-3H3. The number of benzene rings is 1. The predicted molar refractivity (Wildman–Crippen MR) is 129 cm³/mol. The second-order valence-corrected chi connectivity index (χ2v) is 9.32. The number of hydrogen-bond acceptors (Lipinski definition) is 6. The molecule has 1 amide bonds. The number of hydrogen-bond donors (Lipinski definition) is 0. The van der Waals surface area contributed by atoms with Crippen LogP contribution in [0.1, 0.15) is 24.8 Å². The SMILES string of the molecule is CN(C)CCCOc1ccc(-c2cc3c4c(cnc3cc2F)N(C)C(=O)C42CCOCC2)cn1. The summed E-state index contributed by atoms with van der Waals surface area (Å²) in [5.41, 5.74) is 2.69. The zero-order valence-electron chi connectivity index (χ0n) is 19.8. The molecule has 3 aromatic rings. The van der Waals surface area contributed by atoms with E-state index in [9.17, 15) is 4.79 Å². The Labute approximate surface area is 198 Å². The van der Waals surface area contributed by atoms with Crippen molar-refractivity contribution in [2.24, 2.45) is 0 Å². The summed E-state index contributed by atoms with van der Waals surface area (Å²) in [5, 5.41) is 0.803. The molecule has 8 heteroatoms. The molecule has 1 saturated heterocycles. The quantitative estimate of drug-likeness (QED) is 0.517. The monoisotopic (exact) mass is 464 g/mol. The lowest BCUT2D eigenvalue weighted by Gasteiger charge is -2.32. The first-order valence-corrected chi connectivity index (χ1v) is 11.6. The van der Waals surface area contributed by atoms with Crippen molar-refractivity contribution in [3.05, 3.63) is 48.0 Å². The van der Waals surface area contributed by atoms with Crippen molar-refractivity contribution >= 4 is 22.5 Å². The Kier molecular flexibility index (Phi) is 5.95. The third-order valence-electron chi connectivity index (χ3n) is 6.88. The molecule has 1 spiro atoms. The van der Waals surface area contributed by atoms with E-state index in [0.29, 0.717) is 55.2 Å². The Morgan fingerprint density at radius 1 is 1.18 bits per heavy atom. The number of nitrogens with zero attached hydrogens (tertiary/aromatic N) is 4. The molecule has 0 unspecified atom stereocenters. The maximum absolute atomic E-state index is 15.2. The summed E-state index contributed by atoms with van der Waals surface area (Å²) in [6, 6.07) is 6.84. The molecule has 2 aliphatic heterocycles. The van der Waals surface area contributed by atoms with Gasteiger partial charge >= 0.3 is 0 Å². The summed E-state index contributed by atoms with van der Waals surface area (Å²) >= 11 is 0. The Bertz CT molecular complexity index is 1220. The van der Waals surface area contributed by atoms with E-state index < -0.39 is 5.41 Å². The molecule has 1 aromatic carbocycles. The number of halogens is 1. The maximum atomic E-state index is 15.2. The Morgan fingerprint density at radius 3 is 2.68 bits per heavy atom. The Hall–Kier alpha value is -3.10. The lowest BCUT2D eigenvalue weighted by Crippen LogP contribution is -2.43. The van der Waals surface area contributed by atoms with Gasteiger partial charge in [0.25, 0.3) is 0 Å². The van der Waals surface area contributed by atoms with Gasteiger partial charge in [0.15, 0.2) is 0 Å². The van der Waals surface area contributed by atoms with Crippen LogP contribution < -0.4 is 9.64 Å². The van der Waals surface area contributed by atoms with Crippen LogP contribution in [0.5, 0.6) is 5.88 Å². The summed E-state index contributed by atoms with van der Waals surface area (Å²) < 4.78 is 26.4. The molecule has 2 aliphatic rings. The summed E-state index contributed by atoms with van der Waals surface area (Å²) in [4.78, 5) is 26.0. The number of carbonyl (C=O) groups excluding carboxylic acids is 1. The van der Waals surface area contributed by atoms with Crippen molar-refractivity contribution in [2.45, 2.75) is 24.7 Å². The summed E-state index contributed by atoms with van der Waals surface area (Å²) in [6.45, 7) is 2.55. The second kappa shape index (κ2) is 8.92. The van der Waals surface area contributed by atoms with Crippen LogP contribution in [-0.2, 0) is 14.9 Å². The van der Waals surface area contributed by atoms with Crippen molar-refractivity contribution in [1.82, 2.24) is 14.9 Å². The van der Waals surface area contributed by atoms with Crippen molar-refractivity contribution in [3.8, 4) is 17.0 Å². The highest BCUT2D eigenvalue weighted by atomic mass is 19.1. The molecule has 0 atom stereocenters. The number of rotatable bonds is 6. The molecule has 0 bridgehead atoms. The molecule has 1 fully saturated rings. The van der Waals surface area contributed by atoms with E-state index >= 15 is 4.39 Å². The fourth-order valence-electron chi connectivity index (χ4n) is 5.09. The molecular formula is C26H29FN4O3. The molecule has 7 nitrogen and oxygen atoms in total. The minimum atomic E-state index is -0.652. The van der Waals surface area contributed by atoms with E-state index in [2.05, 4.69) is 14.9 Å². The van der Waals surface area contributed by atoms with Gasteiger partial charge in [0.05, 0.1) is 29.4 Å². The van der Waals surface area contributed by atoms with Crippen LogP contribution in [0.4, 0.5) is 10.1 Å². The third-order valence-corrected chi connectivity index (χ3v) is 6.88. The molecule has 0 N–H and O–H groups in total. The van der Waals surface area contributed by atoms with Crippen LogP contribution in [0.3, 0.4) is 0 Å². The Balaban J connectivity index is 1.52. The van der Waals surface area contributed by atoms with Crippen LogP contribution in [0.25, 0.3) is 22.0 Å². The molecule has 0 saturated carbocycles. The molecule has 2 aromatic heterocycles. The average molecular weight is 465 g/mol. The number of amides is 1. The van der Waals surface area contributed by atoms with Crippen molar-refractivity contribution in [1.29, 1.82) is 0 Å². The van der Waals surface area contributed by atoms with Gasteiger partial charge < -0.3 is 19.3 Å². The van der Waals surface area contributed by atoms with E-state index in [1.807, 2.05) is 26.2 Å². The van der Waals surface area contributed by atoms with Gasteiger partial charge in [-0.1, -0.05) is 0 Å². The highest BCUT2D eigenvalue weighted by Crippen LogP contribution is 2.50. The first-order chi connectivity index (χ1) is 16.4. The normalized spacial score (nSPS) is 17.1. The number of aromatic nitrogens is 2. The number of carbonyl (C=O) groups is 1. The van der Waals surface area contributed by atoms with E-state index in [1.54, 1.807) is 30.4 Å². The van der Waals surface area contributed by atoms with E-state index in [4.69, 9.17) is 9.47 Å². The molecular weight excluding hydrogens is 435 g/mol. The fraction of sp³-hybridized carbons (Fsp3) is 0.423. The lowest BCUT2D eigenvalue weighted by molar-refractivity contribution is -0.126. The summed E-state index contributed by atoms with van der Waals surface area (Å²) in [5.74, 6) is 0.197. The lowest BCUT2D eigenvalue weighted by atomic mass is 9.74. The van der Waals surface area contributed by atoms with Crippen LogP contribution in [0.2, 0.25) is 0 Å². The number of fused-ring (bicyclic) bond motifs is 4. The van der Waals surface area contributed by atoms with Crippen LogP contribution in [-0.4, -0.2) is 68.3 Å². The fourth-order valence-corrected chi connectivity index (χ4v) is 5.09. The summed E-state index contributed by atoms with van der Waals surface area (Å²) in [7, 11) is 5.83. The van der Waals surface area contributed by atoms with Gasteiger partial charge in [-0.15, -0.1) is 0 Å². The molecule has 0 radical (unpaired) electrons. The highest BCUT2D eigenvalue weighted by molar-refractivity contribution is 6.12. The number of likely N-dealkylation sites (N-methyl/N-ethyl adjacent to an activating group) is 1. The number of anilines is 1. The number of pyridine rings is 2. The van der Waals surface area contributed by atoms with E-state index in [1.165, 1.54) is 6.07 Å². The maximum Gasteiger partial charge on any atom is 0.237 e. The minimum absolute atomic E-state index is 0.0587. The molecule has 0 aliphatic carbocycles. The smallest absolute Gasteiger partial charge is 0.237 e. The first kappa shape index (κ1) is 22.7. The van der Waals surface area contributed by atoms with Crippen molar-refractivity contribution in [2.75, 3.05) is 52.4 Å². The molecule has 5 rings (SSSR count). The first-order valence-electron chi connectivity index (χ1n) is 11.6. The third kappa shape index (κ3) is 3.80. The highest BCUT2D eigenvalue weighted by Gasteiger charge is 2.51. The number of ether oxygens (including phenoxy) is 2. The zero-order chi connectivity index (χ0) is 23.9. The van der Waals surface area contributed by atoms with Crippen LogP contribution in [0.15, 0.2) is 36.7 Å². The Morgan fingerprint density at radius 2 is 1.97 bits per heavy atom. The predicted octanol–water partition coefficient (Wildman–Crippen LogP) is 3.79. The molecule has 178 valence electrons. The van der Waals surface area contributed by atoms with Gasteiger partial charge in [-0.2, -0.15) is 0 Å². The van der Waals surface area contributed by atoms with Crippen molar-refractivity contribution in [3.63, 3.8) is 0 Å². The average Bonchev–Trinajstić information content (AvgIpc) is 3.04. The van der Waals surface area contributed by atoms with Gasteiger partial charge in [0.1, 0.15) is 5.82 Å². The largest absolute Gasteiger partial charge is 0.478 e. The van der Waals surface area contributed by atoms with E-state index in [-0.39, 0.29) is 11.7 Å². The second-order valence-electron chi connectivity index (χ2n) is 9.32. The topological polar surface area (TPSA) is 67.8 Å². The van der Waals surface area contributed by atoms with Gasteiger partial charge in [-0.3, -0.25) is 9.78 Å². The zero-order valence-corrected chi connectivity index (χ0v) is 19.8. The van der Waals surface area contributed by atoms with Gasteiger partial charge in [-0.25, -0.2) is 9.37 Å². The van der Waals surface area contributed by atoms with Gasteiger partial charge in [0, 0.05) is 67.2 Å². The van der Waals surface area contributed by atoms with Gasteiger partial charge in [-0.05, 0) is 45.5 Å². The van der Waals surface area contributed by atoms with Gasteiger partial charge in [0.2, 0.25) is 11.8 Å². The summed E-state index contributed by atoms with van der Waals surface area (Å²) in [6.07, 6.45) is 5.42. The minimum Gasteiger partial charge on any atom is -0.478 e. The van der Waals surface area contributed by atoms with E-state index in [0.717, 1.165) is 29.6 Å². The van der Waals surface area contributed by atoms with Crippen LogP contribution >= 0.6 is 0 Å². The molecule has 4 heterocycles. The molecule has 34 heavy (non-hydrogen) atoms.